The van der Waals surface area contributed by atoms with Crippen LogP contribution in [0.25, 0.3) is 0 Å². The van der Waals surface area contributed by atoms with E-state index in [4.69, 9.17) is 9.84 Å². The van der Waals surface area contributed by atoms with Gasteiger partial charge in [-0.2, -0.15) is 0 Å². The molecule has 1 aliphatic carbocycles. The first kappa shape index (κ1) is 16.9. The molecule has 0 fully saturated rings. The van der Waals surface area contributed by atoms with Crippen molar-refractivity contribution in [3.63, 3.8) is 0 Å². The molecule has 0 aliphatic heterocycles. The minimum absolute atomic E-state index is 0.267. The van der Waals surface area contributed by atoms with Crippen molar-refractivity contribution < 1.29 is 29.3 Å². The zero-order chi connectivity index (χ0) is 16.2. The number of carbonyl (C=O) groups excluding carboxylic acids is 1. The van der Waals surface area contributed by atoms with E-state index in [2.05, 4.69) is 6.58 Å². The summed E-state index contributed by atoms with van der Waals surface area (Å²) < 4.78 is 5.14. The lowest BCUT2D eigenvalue weighted by atomic mass is 9.73. The van der Waals surface area contributed by atoms with Crippen molar-refractivity contribution in [3.05, 3.63) is 24.3 Å². The van der Waals surface area contributed by atoms with E-state index in [1.165, 1.54) is 13.0 Å². The maximum atomic E-state index is 11.4. The van der Waals surface area contributed by atoms with Crippen LogP contribution in [0, 0.1) is 17.8 Å². The molecule has 0 aromatic carbocycles. The molecule has 1 aliphatic rings. The molecule has 1 rings (SSSR count). The van der Waals surface area contributed by atoms with Crippen molar-refractivity contribution in [3.8, 4) is 0 Å². The van der Waals surface area contributed by atoms with Crippen LogP contribution in [0.5, 0.6) is 0 Å². The third-order valence-corrected chi connectivity index (χ3v) is 3.54. The van der Waals surface area contributed by atoms with E-state index in [9.17, 15) is 19.5 Å². The molecule has 6 nitrogen and oxygen atoms in total. The van der Waals surface area contributed by atoms with Crippen molar-refractivity contribution in [2.24, 2.45) is 17.8 Å². The van der Waals surface area contributed by atoms with Crippen LogP contribution in [0.2, 0.25) is 0 Å². The number of aliphatic carboxylic acids is 2. The fourth-order valence-electron chi connectivity index (χ4n) is 2.55. The standard InChI is InChI=1S/C15H20O6/c1-8(2)15(20)21-9(3)7-10-5-4-6-11(13(16)17)12(10)14(18)19/h4,6,9-12H,1,5,7H2,2-3H3,(H,16,17)(H,18,19). The molecule has 2 N–H and O–H groups in total. The molecule has 0 radical (unpaired) electrons. The minimum atomic E-state index is -1.16. The monoisotopic (exact) mass is 296 g/mol. The highest BCUT2D eigenvalue weighted by Gasteiger charge is 2.40. The predicted molar refractivity (Wildman–Crippen MR) is 74.5 cm³/mol. The summed E-state index contributed by atoms with van der Waals surface area (Å²) in [6.45, 7) is 6.66. The third kappa shape index (κ3) is 4.44. The van der Waals surface area contributed by atoms with Gasteiger partial charge in [0, 0.05) is 5.57 Å². The van der Waals surface area contributed by atoms with Gasteiger partial charge in [0.05, 0.1) is 17.9 Å². The Hall–Kier alpha value is -2.11. The topological polar surface area (TPSA) is 101 Å². The maximum Gasteiger partial charge on any atom is 0.333 e. The third-order valence-electron chi connectivity index (χ3n) is 3.54. The molecule has 0 spiro atoms. The molecule has 0 aromatic heterocycles. The normalized spacial score (nSPS) is 25.9. The number of hydrogen-bond acceptors (Lipinski definition) is 4. The number of hydrogen-bond donors (Lipinski definition) is 2. The van der Waals surface area contributed by atoms with Crippen molar-refractivity contribution >= 4 is 17.9 Å². The molecule has 6 heteroatoms. The average molecular weight is 296 g/mol. The fraction of sp³-hybridized carbons (Fsp3) is 0.533. The van der Waals surface area contributed by atoms with E-state index in [0.29, 0.717) is 12.8 Å². The van der Waals surface area contributed by atoms with Crippen LogP contribution in [0.3, 0.4) is 0 Å². The Labute approximate surface area is 123 Å². The quantitative estimate of drug-likeness (QED) is 0.441. The number of carbonyl (C=O) groups is 3. The first-order valence-corrected chi connectivity index (χ1v) is 6.72. The summed E-state index contributed by atoms with van der Waals surface area (Å²) in [5.74, 6) is -5.29. The number of esters is 1. The van der Waals surface area contributed by atoms with Gasteiger partial charge in [-0.1, -0.05) is 18.7 Å². The molecular formula is C15H20O6. The van der Waals surface area contributed by atoms with E-state index in [1.54, 1.807) is 13.0 Å². The van der Waals surface area contributed by atoms with Gasteiger partial charge < -0.3 is 14.9 Å². The first-order chi connectivity index (χ1) is 9.73. The minimum Gasteiger partial charge on any atom is -0.481 e. The summed E-state index contributed by atoms with van der Waals surface area (Å²) in [6, 6.07) is 0. The Kier molecular flexibility index (Phi) is 5.69. The summed E-state index contributed by atoms with van der Waals surface area (Å²) >= 11 is 0. The van der Waals surface area contributed by atoms with E-state index in [0.717, 1.165) is 0 Å². The molecule has 0 bridgehead atoms. The number of carboxylic acid groups (broad SMARTS) is 2. The highest BCUT2D eigenvalue weighted by Crippen LogP contribution is 2.34. The van der Waals surface area contributed by atoms with Crippen molar-refractivity contribution in [2.75, 3.05) is 0 Å². The van der Waals surface area contributed by atoms with E-state index in [1.807, 2.05) is 0 Å². The molecule has 4 atom stereocenters. The average Bonchev–Trinajstić information content (AvgIpc) is 2.37. The Morgan fingerprint density at radius 3 is 2.43 bits per heavy atom. The Balaban J connectivity index is 2.78. The number of rotatable bonds is 6. The van der Waals surface area contributed by atoms with Crippen molar-refractivity contribution in [1.29, 1.82) is 0 Å². The van der Waals surface area contributed by atoms with Crippen LogP contribution in [-0.4, -0.2) is 34.2 Å². The van der Waals surface area contributed by atoms with Crippen molar-refractivity contribution in [1.82, 2.24) is 0 Å². The van der Waals surface area contributed by atoms with Gasteiger partial charge in [0.25, 0.3) is 0 Å². The second-order valence-electron chi connectivity index (χ2n) is 5.38. The molecule has 0 saturated heterocycles. The van der Waals surface area contributed by atoms with Crippen LogP contribution < -0.4 is 0 Å². The lowest BCUT2D eigenvalue weighted by Crippen LogP contribution is -2.38. The second-order valence-corrected chi connectivity index (χ2v) is 5.38. The lowest BCUT2D eigenvalue weighted by molar-refractivity contribution is -0.155. The van der Waals surface area contributed by atoms with Gasteiger partial charge in [-0.25, -0.2) is 4.79 Å². The molecule has 0 amide bonds. The largest absolute Gasteiger partial charge is 0.481 e. The van der Waals surface area contributed by atoms with Crippen LogP contribution in [-0.2, 0) is 19.1 Å². The zero-order valence-electron chi connectivity index (χ0n) is 12.1. The molecule has 21 heavy (non-hydrogen) atoms. The van der Waals surface area contributed by atoms with Crippen LogP contribution in [0.15, 0.2) is 24.3 Å². The highest BCUT2D eigenvalue weighted by atomic mass is 16.5. The Morgan fingerprint density at radius 2 is 1.95 bits per heavy atom. The van der Waals surface area contributed by atoms with E-state index >= 15 is 0 Å². The predicted octanol–water partition coefficient (Wildman–Crippen LogP) is 1.86. The smallest absolute Gasteiger partial charge is 0.333 e. The number of allylic oxidation sites excluding steroid dienone is 1. The summed E-state index contributed by atoms with van der Waals surface area (Å²) in [5.41, 5.74) is 0.267. The van der Waals surface area contributed by atoms with Gasteiger partial charge in [-0.15, -0.1) is 0 Å². The van der Waals surface area contributed by atoms with Gasteiger partial charge in [0.2, 0.25) is 0 Å². The van der Waals surface area contributed by atoms with Crippen molar-refractivity contribution in [2.45, 2.75) is 32.8 Å². The SMILES string of the molecule is C=C(C)C(=O)OC(C)CC1CC=CC(C(=O)O)C1C(=O)O. The molecule has 116 valence electrons. The van der Waals surface area contributed by atoms with Gasteiger partial charge in [0.1, 0.15) is 0 Å². The van der Waals surface area contributed by atoms with Crippen LogP contribution in [0.1, 0.15) is 26.7 Å². The highest BCUT2D eigenvalue weighted by molar-refractivity contribution is 5.87. The molecule has 4 unspecified atom stereocenters. The van der Waals surface area contributed by atoms with Gasteiger partial charge in [-0.05, 0) is 32.6 Å². The summed E-state index contributed by atoms with van der Waals surface area (Å²) in [6.07, 6.45) is 3.35. The van der Waals surface area contributed by atoms with Gasteiger partial charge in [-0.3, -0.25) is 9.59 Å². The summed E-state index contributed by atoms with van der Waals surface area (Å²) in [5, 5.41) is 18.4. The Morgan fingerprint density at radius 1 is 1.33 bits per heavy atom. The molecule has 0 heterocycles. The maximum absolute atomic E-state index is 11.4. The molecular weight excluding hydrogens is 276 g/mol. The van der Waals surface area contributed by atoms with Crippen LogP contribution in [0.4, 0.5) is 0 Å². The van der Waals surface area contributed by atoms with E-state index in [-0.39, 0.29) is 11.5 Å². The first-order valence-electron chi connectivity index (χ1n) is 6.72. The number of ether oxygens (including phenoxy) is 1. The van der Waals surface area contributed by atoms with Gasteiger partial charge in [0.15, 0.2) is 0 Å². The Bertz CT molecular complexity index is 479. The van der Waals surface area contributed by atoms with Crippen LogP contribution >= 0.6 is 0 Å². The zero-order valence-corrected chi connectivity index (χ0v) is 12.1. The molecule has 0 aromatic rings. The lowest BCUT2D eigenvalue weighted by Gasteiger charge is -2.31. The molecule has 0 saturated carbocycles. The van der Waals surface area contributed by atoms with Gasteiger partial charge >= 0.3 is 17.9 Å². The fourth-order valence-corrected chi connectivity index (χ4v) is 2.55. The van der Waals surface area contributed by atoms with E-state index < -0.39 is 35.8 Å². The summed E-state index contributed by atoms with van der Waals surface area (Å²) in [4.78, 5) is 34.0. The summed E-state index contributed by atoms with van der Waals surface area (Å²) in [7, 11) is 0. The number of carboxylic acids is 2. The second kappa shape index (κ2) is 7.06.